The zero-order valence-corrected chi connectivity index (χ0v) is 13.9. The zero-order chi connectivity index (χ0) is 15.0. The van der Waals surface area contributed by atoms with Crippen LogP contribution in [-0.4, -0.2) is 0 Å². The van der Waals surface area contributed by atoms with E-state index in [0.717, 1.165) is 12.1 Å². The lowest BCUT2D eigenvalue weighted by Crippen LogP contribution is -2.19. The molecule has 0 fully saturated rings. The molecule has 2 aliphatic rings. The van der Waals surface area contributed by atoms with E-state index in [9.17, 15) is 0 Å². The summed E-state index contributed by atoms with van der Waals surface area (Å²) in [4.78, 5) is 0. The molecule has 20 heavy (non-hydrogen) atoms. The quantitative estimate of drug-likeness (QED) is 0.703. The molecule has 0 aromatic heterocycles. The second-order valence-electron chi connectivity index (χ2n) is 6.91. The van der Waals surface area contributed by atoms with Crippen LogP contribution in [0.15, 0.2) is 45.7 Å². The molecule has 110 valence electrons. The summed E-state index contributed by atoms with van der Waals surface area (Å²) in [6.07, 6.45) is 6.67. The predicted molar refractivity (Wildman–Crippen MR) is 88.2 cm³/mol. The van der Waals surface area contributed by atoms with Crippen LogP contribution < -0.4 is 5.73 Å². The average Bonchev–Trinajstić information content (AvgIpc) is 2.38. The molecule has 0 spiro atoms. The number of rotatable bonds is 1. The Morgan fingerprint density at radius 2 is 1.80 bits per heavy atom. The van der Waals surface area contributed by atoms with Gasteiger partial charge in [-0.15, -0.1) is 0 Å². The first-order chi connectivity index (χ1) is 9.32. The van der Waals surface area contributed by atoms with Crippen LogP contribution in [0.3, 0.4) is 0 Å². The Hall–Kier alpha value is -1.24. The maximum Gasteiger partial charge on any atom is 0.0276 e. The maximum atomic E-state index is 6.17. The van der Waals surface area contributed by atoms with Crippen LogP contribution in [0.1, 0.15) is 54.4 Å². The van der Waals surface area contributed by atoms with Crippen LogP contribution >= 0.6 is 0 Å². The number of hydrogen-bond acceptors (Lipinski definition) is 1. The zero-order valence-electron chi connectivity index (χ0n) is 13.9. The number of hydrogen-bond donors (Lipinski definition) is 1. The Bertz CT molecular complexity index is 526. The van der Waals surface area contributed by atoms with Gasteiger partial charge in [-0.05, 0) is 67.2 Å². The molecule has 1 nitrogen and oxygen atoms in total. The number of allylic oxidation sites excluding steroid dienone is 7. The summed E-state index contributed by atoms with van der Waals surface area (Å²) in [7, 11) is 0. The fraction of sp³-hybridized carbons (Fsp3) is 0.579. The van der Waals surface area contributed by atoms with Gasteiger partial charge in [-0.1, -0.05) is 44.9 Å². The molecule has 0 saturated heterocycles. The van der Waals surface area contributed by atoms with Gasteiger partial charge in [0, 0.05) is 5.70 Å². The van der Waals surface area contributed by atoms with Gasteiger partial charge in [0.15, 0.2) is 0 Å². The van der Waals surface area contributed by atoms with E-state index in [1.807, 2.05) is 0 Å². The highest BCUT2D eigenvalue weighted by atomic mass is 14.6. The van der Waals surface area contributed by atoms with Crippen LogP contribution in [0, 0.1) is 17.8 Å². The van der Waals surface area contributed by atoms with Crippen molar-refractivity contribution in [1.29, 1.82) is 0 Å². The highest BCUT2D eigenvalue weighted by Crippen LogP contribution is 2.43. The lowest BCUT2D eigenvalue weighted by Gasteiger charge is -2.34. The third-order valence-corrected chi connectivity index (χ3v) is 5.09. The Balaban J connectivity index is 2.68. The van der Waals surface area contributed by atoms with Crippen LogP contribution in [0.2, 0.25) is 0 Å². The fourth-order valence-electron chi connectivity index (χ4n) is 3.46. The molecule has 2 N–H and O–H groups in total. The lowest BCUT2D eigenvalue weighted by molar-refractivity contribution is 0.556. The van der Waals surface area contributed by atoms with Crippen LogP contribution in [-0.2, 0) is 0 Å². The normalized spacial score (nSPS) is 30.6. The van der Waals surface area contributed by atoms with E-state index in [1.54, 1.807) is 11.1 Å². The van der Waals surface area contributed by atoms with Crippen molar-refractivity contribution in [3.8, 4) is 0 Å². The molecule has 0 bridgehead atoms. The van der Waals surface area contributed by atoms with Gasteiger partial charge in [-0.3, -0.25) is 0 Å². The first kappa shape index (κ1) is 15.2. The third kappa shape index (κ3) is 2.63. The van der Waals surface area contributed by atoms with Crippen molar-refractivity contribution < 1.29 is 0 Å². The minimum atomic E-state index is 0.508. The molecule has 2 unspecified atom stereocenters. The van der Waals surface area contributed by atoms with Crippen LogP contribution in [0.5, 0.6) is 0 Å². The SMILES string of the molecule is CC1=C(C)C(C)CC2=C1C(C(C)C)=C/C(N)=C/CC2C. The van der Waals surface area contributed by atoms with E-state index in [0.29, 0.717) is 17.8 Å². The third-order valence-electron chi connectivity index (χ3n) is 5.09. The second-order valence-corrected chi connectivity index (χ2v) is 6.91. The fourth-order valence-corrected chi connectivity index (χ4v) is 3.46. The van der Waals surface area contributed by atoms with E-state index < -0.39 is 0 Å². The van der Waals surface area contributed by atoms with Crippen molar-refractivity contribution in [3.63, 3.8) is 0 Å². The summed E-state index contributed by atoms with van der Waals surface area (Å²) in [5.74, 6) is 1.77. The van der Waals surface area contributed by atoms with E-state index in [4.69, 9.17) is 5.73 Å². The lowest BCUT2D eigenvalue weighted by atomic mass is 9.71. The van der Waals surface area contributed by atoms with Crippen LogP contribution in [0.4, 0.5) is 0 Å². The van der Waals surface area contributed by atoms with Crippen molar-refractivity contribution in [3.05, 3.63) is 45.7 Å². The molecule has 2 rings (SSSR count). The van der Waals surface area contributed by atoms with Gasteiger partial charge in [0.2, 0.25) is 0 Å². The Labute approximate surface area is 124 Å². The largest absolute Gasteiger partial charge is 0.399 e. The summed E-state index contributed by atoms with van der Waals surface area (Å²) in [5, 5.41) is 0. The Kier molecular flexibility index (Phi) is 4.27. The smallest absolute Gasteiger partial charge is 0.0276 e. The Morgan fingerprint density at radius 3 is 2.40 bits per heavy atom. The maximum absolute atomic E-state index is 6.17. The van der Waals surface area contributed by atoms with Crippen molar-refractivity contribution in [2.24, 2.45) is 23.5 Å². The Morgan fingerprint density at radius 1 is 1.15 bits per heavy atom. The van der Waals surface area contributed by atoms with E-state index in [-0.39, 0.29) is 0 Å². The van der Waals surface area contributed by atoms with E-state index >= 15 is 0 Å². The molecule has 0 amide bonds. The van der Waals surface area contributed by atoms with Gasteiger partial charge < -0.3 is 5.73 Å². The average molecular weight is 271 g/mol. The first-order valence-electron chi connectivity index (χ1n) is 7.91. The summed E-state index contributed by atoms with van der Waals surface area (Å²) in [6.45, 7) is 13.8. The molecule has 0 saturated carbocycles. The summed E-state index contributed by atoms with van der Waals surface area (Å²) in [6, 6.07) is 0. The molecule has 0 aromatic carbocycles. The van der Waals surface area contributed by atoms with Gasteiger partial charge in [-0.2, -0.15) is 0 Å². The van der Waals surface area contributed by atoms with Gasteiger partial charge in [0.05, 0.1) is 0 Å². The molecule has 2 aliphatic carbocycles. The van der Waals surface area contributed by atoms with E-state index in [1.165, 1.54) is 23.1 Å². The molecule has 2 atom stereocenters. The highest BCUT2D eigenvalue weighted by molar-refractivity contribution is 5.56. The van der Waals surface area contributed by atoms with Crippen molar-refractivity contribution >= 4 is 0 Å². The van der Waals surface area contributed by atoms with Gasteiger partial charge in [-0.25, -0.2) is 0 Å². The van der Waals surface area contributed by atoms with Crippen molar-refractivity contribution in [1.82, 2.24) is 0 Å². The summed E-state index contributed by atoms with van der Waals surface area (Å²) in [5.41, 5.74) is 14.7. The standard InChI is InChI=1S/C19H29N/c1-11(2)17-10-16(20)8-7-12(3)18-9-13(4)14(5)15(6)19(17)18/h8,10-13H,7,9,20H2,1-6H3/b16-8-,17-10?. The minimum Gasteiger partial charge on any atom is -0.399 e. The van der Waals surface area contributed by atoms with Crippen molar-refractivity contribution in [2.75, 3.05) is 0 Å². The van der Waals surface area contributed by atoms with Crippen molar-refractivity contribution in [2.45, 2.75) is 54.4 Å². The minimum absolute atomic E-state index is 0.508. The molecule has 0 radical (unpaired) electrons. The number of nitrogens with two attached hydrogens (primary N) is 1. The monoisotopic (exact) mass is 271 g/mol. The van der Waals surface area contributed by atoms with Gasteiger partial charge in [0.25, 0.3) is 0 Å². The molecule has 0 aliphatic heterocycles. The molecular weight excluding hydrogens is 242 g/mol. The first-order valence-corrected chi connectivity index (χ1v) is 7.91. The highest BCUT2D eigenvalue weighted by Gasteiger charge is 2.28. The van der Waals surface area contributed by atoms with Gasteiger partial charge in [0.1, 0.15) is 0 Å². The second kappa shape index (κ2) is 5.63. The van der Waals surface area contributed by atoms with Gasteiger partial charge >= 0.3 is 0 Å². The molecule has 0 heterocycles. The molecule has 1 heteroatoms. The summed E-state index contributed by atoms with van der Waals surface area (Å²) >= 11 is 0. The van der Waals surface area contributed by atoms with E-state index in [2.05, 4.69) is 53.7 Å². The molecular formula is C19H29N. The topological polar surface area (TPSA) is 26.0 Å². The summed E-state index contributed by atoms with van der Waals surface area (Å²) < 4.78 is 0. The molecule has 0 aromatic rings. The predicted octanol–water partition coefficient (Wildman–Crippen LogP) is 5.12. The van der Waals surface area contributed by atoms with Crippen LogP contribution in [0.25, 0.3) is 0 Å².